The molecule has 0 spiro atoms. The SMILES string of the molecule is C[C@H]1c2nn(C)c(-c3cc(C(F)(F)F)nn3C)c2CCN1C(=O)c1cccc2c1OCCC2. The molecule has 1 aromatic carbocycles. The zero-order chi connectivity index (χ0) is 23.5. The molecule has 1 amide bonds. The number of aryl methyl sites for hydroxylation is 3. The number of amides is 1. The third kappa shape index (κ3) is 3.48. The molecular weight excluding hydrogens is 435 g/mol. The van der Waals surface area contributed by atoms with E-state index in [4.69, 9.17) is 4.74 Å². The van der Waals surface area contributed by atoms with Crippen molar-refractivity contribution in [2.24, 2.45) is 14.1 Å². The molecule has 4 heterocycles. The van der Waals surface area contributed by atoms with E-state index in [2.05, 4.69) is 10.2 Å². The zero-order valence-corrected chi connectivity index (χ0v) is 18.6. The summed E-state index contributed by atoms with van der Waals surface area (Å²) in [5.74, 6) is 0.530. The first-order chi connectivity index (χ1) is 15.7. The number of hydrogen-bond donors (Lipinski definition) is 0. The van der Waals surface area contributed by atoms with E-state index in [9.17, 15) is 18.0 Å². The quantitative estimate of drug-likeness (QED) is 0.583. The molecule has 2 aromatic heterocycles. The highest BCUT2D eigenvalue weighted by Crippen LogP contribution is 2.39. The van der Waals surface area contributed by atoms with Crippen LogP contribution in [0.5, 0.6) is 5.75 Å². The zero-order valence-electron chi connectivity index (χ0n) is 18.6. The van der Waals surface area contributed by atoms with Gasteiger partial charge in [0.05, 0.1) is 35.3 Å². The summed E-state index contributed by atoms with van der Waals surface area (Å²) in [7, 11) is 3.19. The molecule has 0 aliphatic carbocycles. The minimum atomic E-state index is -4.53. The maximum Gasteiger partial charge on any atom is 0.435 e. The van der Waals surface area contributed by atoms with Gasteiger partial charge in [-0.15, -0.1) is 0 Å². The lowest BCUT2D eigenvalue weighted by molar-refractivity contribution is -0.141. The van der Waals surface area contributed by atoms with Crippen LogP contribution in [-0.4, -0.2) is 43.5 Å². The van der Waals surface area contributed by atoms with Crippen LogP contribution in [0.3, 0.4) is 0 Å². The molecular formula is C23H24F3N5O2. The Labute approximate surface area is 188 Å². The number of nitrogens with zero attached hydrogens (tertiary/aromatic N) is 5. The molecule has 174 valence electrons. The van der Waals surface area contributed by atoms with Gasteiger partial charge in [0.25, 0.3) is 5.91 Å². The van der Waals surface area contributed by atoms with Gasteiger partial charge in [-0.05, 0) is 43.9 Å². The Morgan fingerprint density at radius 2 is 1.94 bits per heavy atom. The summed E-state index contributed by atoms with van der Waals surface area (Å²) in [6.45, 7) is 2.91. The van der Waals surface area contributed by atoms with Crippen molar-refractivity contribution < 1.29 is 22.7 Å². The Hall–Kier alpha value is -3.30. The summed E-state index contributed by atoms with van der Waals surface area (Å²) in [6, 6.07) is 6.35. The van der Waals surface area contributed by atoms with Gasteiger partial charge < -0.3 is 9.64 Å². The molecule has 2 aliphatic rings. The van der Waals surface area contributed by atoms with Gasteiger partial charge in [-0.1, -0.05) is 12.1 Å². The maximum absolute atomic E-state index is 13.5. The molecule has 0 N–H and O–H groups in total. The number of fused-ring (bicyclic) bond motifs is 2. The lowest BCUT2D eigenvalue weighted by atomic mass is 9.95. The van der Waals surface area contributed by atoms with Crippen LogP contribution < -0.4 is 4.74 Å². The van der Waals surface area contributed by atoms with Crippen LogP contribution in [0.25, 0.3) is 11.4 Å². The molecule has 1 atom stereocenters. The molecule has 7 nitrogen and oxygen atoms in total. The van der Waals surface area contributed by atoms with Crippen molar-refractivity contribution >= 4 is 5.91 Å². The first-order valence-electron chi connectivity index (χ1n) is 10.9. The van der Waals surface area contributed by atoms with E-state index in [0.717, 1.165) is 30.0 Å². The third-order valence-corrected chi connectivity index (χ3v) is 6.48. The van der Waals surface area contributed by atoms with Crippen molar-refractivity contribution in [3.05, 3.63) is 52.3 Å². The summed E-state index contributed by atoms with van der Waals surface area (Å²) < 4.78 is 48.2. The van der Waals surface area contributed by atoms with E-state index in [-0.39, 0.29) is 11.9 Å². The number of carbonyl (C=O) groups is 1. The van der Waals surface area contributed by atoms with Crippen LogP contribution in [-0.2, 0) is 33.1 Å². The highest BCUT2D eigenvalue weighted by atomic mass is 19.4. The summed E-state index contributed by atoms with van der Waals surface area (Å²) in [5, 5.41) is 8.25. The Bertz CT molecular complexity index is 1240. The number of benzene rings is 1. The fraction of sp³-hybridized carbons (Fsp3) is 0.435. The van der Waals surface area contributed by atoms with E-state index in [1.807, 2.05) is 19.1 Å². The highest BCUT2D eigenvalue weighted by molar-refractivity contribution is 5.98. The fourth-order valence-electron chi connectivity index (χ4n) is 4.88. The number of alkyl halides is 3. The molecule has 0 unspecified atom stereocenters. The van der Waals surface area contributed by atoms with Crippen molar-refractivity contribution in [2.45, 2.75) is 38.4 Å². The van der Waals surface area contributed by atoms with Gasteiger partial charge in [-0.25, -0.2) is 0 Å². The molecule has 3 aromatic rings. The number of hydrogen-bond acceptors (Lipinski definition) is 4. The number of para-hydroxylation sites is 1. The number of halogens is 3. The lowest BCUT2D eigenvalue weighted by Crippen LogP contribution is -2.39. The largest absolute Gasteiger partial charge is 0.492 e. The first-order valence-corrected chi connectivity index (χ1v) is 10.9. The van der Waals surface area contributed by atoms with E-state index in [1.165, 1.54) is 11.7 Å². The van der Waals surface area contributed by atoms with Crippen molar-refractivity contribution in [3.8, 4) is 17.1 Å². The van der Waals surface area contributed by atoms with Crippen LogP contribution in [0, 0.1) is 0 Å². The van der Waals surface area contributed by atoms with Crippen LogP contribution in [0.2, 0.25) is 0 Å². The second-order valence-corrected chi connectivity index (χ2v) is 8.54. The topological polar surface area (TPSA) is 65.2 Å². The van der Waals surface area contributed by atoms with E-state index < -0.39 is 11.9 Å². The molecule has 0 fully saturated rings. The number of aromatic nitrogens is 4. The van der Waals surface area contributed by atoms with Crippen molar-refractivity contribution in [1.29, 1.82) is 0 Å². The van der Waals surface area contributed by atoms with Gasteiger partial charge >= 0.3 is 6.18 Å². The summed E-state index contributed by atoms with van der Waals surface area (Å²) in [4.78, 5) is 15.3. The van der Waals surface area contributed by atoms with Gasteiger partial charge in [-0.2, -0.15) is 23.4 Å². The second-order valence-electron chi connectivity index (χ2n) is 8.54. The minimum absolute atomic E-state index is 0.126. The molecule has 0 saturated heterocycles. The molecule has 0 radical (unpaired) electrons. The van der Waals surface area contributed by atoms with Crippen LogP contribution >= 0.6 is 0 Å². The summed E-state index contributed by atoms with van der Waals surface area (Å²) in [6.07, 6.45) is -2.24. The molecule has 0 bridgehead atoms. The highest BCUT2D eigenvalue weighted by Gasteiger charge is 2.38. The monoisotopic (exact) mass is 459 g/mol. The molecule has 10 heteroatoms. The first kappa shape index (κ1) is 21.5. The van der Waals surface area contributed by atoms with Crippen molar-refractivity contribution in [3.63, 3.8) is 0 Å². The minimum Gasteiger partial charge on any atom is -0.492 e. The molecule has 5 rings (SSSR count). The van der Waals surface area contributed by atoms with Crippen LogP contribution in [0.1, 0.15) is 52.3 Å². The number of rotatable bonds is 2. The van der Waals surface area contributed by atoms with E-state index >= 15 is 0 Å². The summed E-state index contributed by atoms with van der Waals surface area (Å²) in [5.41, 5.74) is 3.11. The predicted octanol–water partition coefficient (Wildman–Crippen LogP) is 3.92. The van der Waals surface area contributed by atoms with Crippen LogP contribution in [0.4, 0.5) is 13.2 Å². The smallest absolute Gasteiger partial charge is 0.435 e. The van der Waals surface area contributed by atoms with Crippen LogP contribution in [0.15, 0.2) is 24.3 Å². The standard InChI is InChI=1S/C23H24F3N5O2/c1-13-19-15(20(30(3)28-19)17-12-18(23(24,25)26)27-29(17)2)9-10-31(13)22(32)16-8-4-6-14-7-5-11-33-21(14)16/h4,6,8,12-13H,5,7,9-11H2,1-3H3/t13-/m0/s1. The van der Waals surface area contributed by atoms with E-state index in [1.54, 1.807) is 22.7 Å². The van der Waals surface area contributed by atoms with Crippen molar-refractivity contribution in [2.75, 3.05) is 13.2 Å². The predicted molar refractivity (Wildman–Crippen MR) is 114 cm³/mol. The van der Waals surface area contributed by atoms with Gasteiger partial charge in [0.1, 0.15) is 5.75 Å². The van der Waals surface area contributed by atoms with Crippen molar-refractivity contribution in [1.82, 2.24) is 24.5 Å². The Morgan fingerprint density at radius 3 is 2.67 bits per heavy atom. The second kappa shape index (κ2) is 7.64. The third-order valence-electron chi connectivity index (χ3n) is 6.48. The fourth-order valence-corrected chi connectivity index (χ4v) is 4.88. The Morgan fingerprint density at radius 1 is 1.15 bits per heavy atom. The Kier molecular flexibility index (Phi) is 4.98. The van der Waals surface area contributed by atoms with Gasteiger partial charge in [-0.3, -0.25) is 14.2 Å². The average molecular weight is 459 g/mol. The van der Waals surface area contributed by atoms with E-state index in [0.29, 0.717) is 48.0 Å². The number of ether oxygens (including phenoxy) is 1. The number of carbonyl (C=O) groups excluding carboxylic acids is 1. The normalized spacial score (nSPS) is 18.0. The van der Waals surface area contributed by atoms with Gasteiger partial charge in [0, 0.05) is 26.2 Å². The maximum atomic E-state index is 13.5. The summed E-state index contributed by atoms with van der Waals surface area (Å²) >= 11 is 0. The molecule has 2 aliphatic heterocycles. The van der Waals surface area contributed by atoms with Gasteiger partial charge in [0.15, 0.2) is 5.69 Å². The lowest BCUT2D eigenvalue weighted by Gasteiger charge is -2.34. The molecule has 33 heavy (non-hydrogen) atoms. The average Bonchev–Trinajstić information content (AvgIpc) is 3.32. The Balaban J connectivity index is 1.50. The molecule has 0 saturated carbocycles. The van der Waals surface area contributed by atoms with Gasteiger partial charge in [0.2, 0.25) is 0 Å².